The summed E-state index contributed by atoms with van der Waals surface area (Å²) in [6.45, 7) is 4.26. The number of piperazine rings is 1. The molecule has 2 aliphatic rings. The molecule has 0 saturated carbocycles. The van der Waals surface area contributed by atoms with E-state index in [2.05, 4.69) is 25.6 Å². The van der Waals surface area contributed by atoms with Crippen molar-refractivity contribution in [2.45, 2.75) is 6.42 Å². The molecule has 5 rings (SSSR count). The van der Waals surface area contributed by atoms with Crippen LogP contribution in [0, 0.1) is 5.82 Å². The highest BCUT2D eigenvalue weighted by atomic mass is 19.1. The number of hydrogen-bond donors (Lipinski definition) is 2. The Bertz CT molecular complexity index is 1090. The molecule has 0 unspecified atom stereocenters. The molecule has 0 bridgehead atoms. The van der Waals surface area contributed by atoms with Crippen molar-refractivity contribution in [3.05, 3.63) is 42.0 Å². The quantitative estimate of drug-likeness (QED) is 0.695. The number of amides is 2. The second-order valence-corrected chi connectivity index (χ2v) is 7.36. The van der Waals surface area contributed by atoms with Crippen LogP contribution in [0.5, 0.6) is 0 Å². The third-order valence-electron chi connectivity index (χ3n) is 5.53. The molecule has 150 valence electrons. The summed E-state index contributed by atoms with van der Waals surface area (Å²) in [5.41, 5.74) is 2.90. The zero-order valence-electron chi connectivity index (χ0n) is 16.2. The number of urea groups is 1. The van der Waals surface area contributed by atoms with E-state index in [1.807, 2.05) is 6.07 Å². The molecule has 2 amide bonds. The number of nitrogens with one attached hydrogen (secondary N) is 2. The van der Waals surface area contributed by atoms with Crippen molar-refractivity contribution in [3.8, 4) is 0 Å². The highest BCUT2D eigenvalue weighted by Gasteiger charge is 2.30. The Morgan fingerprint density at radius 2 is 2.03 bits per heavy atom. The number of fused-ring (bicyclic) bond motifs is 2. The molecule has 0 aliphatic carbocycles. The van der Waals surface area contributed by atoms with Gasteiger partial charge in [0.25, 0.3) is 0 Å². The predicted molar refractivity (Wildman–Crippen MR) is 110 cm³/mol. The van der Waals surface area contributed by atoms with Gasteiger partial charge in [-0.25, -0.2) is 14.2 Å². The van der Waals surface area contributed by atoms with E-state index in [1.165, 1.54) is 0 Å². The maximum absolute atomic E-state index is 14.8. The van der Waals surface area contributed by atoms with E-state index in [-0.39, 0.29) is 11.7 Å². The summed E-state index contributed by atoms with van der Waals surface area (Å²) in [5.74, 6) is 0.173. The molecule has 1 aromatic carbocycles. The van der Waals surface area contributed by atoms with E-state index in [4.69, 9.17) is 0 Å². The summed E-state index contributed by atoms with van der Waals surface area (Å²) in [4.78, 5) is 21.3. The first kappa shape index (κ1) is 17.9. The molecule has 29 heavy (non-hydrogen) atoms. The SMILES string of the molecule is Cn1cc2c(F)c(NC(=O)N3CCc4c(N5CCNCC5)ccnc43)ccc2n1. The van der Waals surface area contributed by atoms with E-state index in [0.29, 0.717) is 23.3 Å². The number of carbonyl (C=O) groups excluding carboxylic acids is 1. The molecule has 8 nitrogen and oxygen atoms in total. The van der Waals surface area contributed by atoms with E-state index < -0.39 is 5.82 Å². The fourth-order valence-corrected chi connectivity index (χ4v) is 4.13. The van der Waals surface area contributed by atoms with Crippen LogP contribution in [0.25, 0.3) is 10.9 Å². The Kier molecular flexibility index (Phi) is 4.31. The average molecular weight is 395 g/mol. The van der Waals surface area contributed by atoms with Crippen molar-refractivity contribution in [1.82, 2.24) is 20.1 Å². The van der Waals surface area contributed by atoms with Gasteiger partial charge in [0, 0.05) is 63.4 Å². The lowest BCUT2D eigenvalue weighted by molar-refractivity contribution is 0.257. The van der Waals surface area contributed by atoms with E-state index in [1.54, 1.807) is 41.2 Å². The van der Waals surface area contributed by atoms with Crippen molar-refractivity contribution >= 4 is 34.1 Å². The van der Waals surface area contributed by atoms with Crippen LogP contribution in [0.3, 0.4) is 0 Å². The van der Waals surface area contributed by atoms with Crippen molar-refractivity contribution in [3.63, 3.8) is 0 Å². The molecule has 2 aliphatic heterocycles. The zero-order chi connectivity index (χ0) is 20.0. The number of halogens is 1. The molecule has 3 aromatic rings. The van der Waals surface area contributed by atoms with Crippen LogP contribution in [-0.4, -0.2) is 53.5 Å². The number of anilines is 3. The Balaban J connectivity index is 1.41. The largest absolute Gasteiger partial charge is 0.369 e. The van der Waals surface area contributed by atoms with Gasteiger partial charge in [-0.05, 0) is 24.6 Å². The van der Waals surface area contributed by atoms with Crippen LogP contribution in [-0.2, 0) is 13.5 Å². The first-order valence-corrected chi connectivity index (χ1v) is 9.76. The summed E-state index contributed by atoms with van der Waals surface area (Å²) < 4.78 is 16.4. The number of hydrogen-bond acceptors (Lipinski definition) is 5. The average Bonchev–Trinajstić information content (AvgIpc) is 3.34. The monoisotopic (exact) mass is 395 g/mol. The lowest BCUT2D eigenvalue weighted by Gasteiger charge is -2.31. The van der Waals surface area contributed by atoms with Crippen molar-refractivity contribution in [2.24, 2.45) is 7.05 Å². The lowest BCUT2D eigenvalue weighted by atomic mass is 10.1. The summed E-state index contributed by atoms with van der Waals surface area (Å²) in [6, 6.07) is 4.88. The fourth-order valence-electron chi connectivity index (χ4n) is 4.13. The zero-order valence-corrected chi connectivity index (χ0v) is 16.2. The molecule has 4 heterocycles. The number of aryl methyl sites for hydroxylation is 1. The molecule has 1 fully saturated rings. The molecule has 9 heteroatoms. The van der Waals surface area contributed by atoms with Crippen LogP contribution in [0.2, 0.25) is 0 Å². The molecular weight excluding hydrogens is 373 g/mol. The molecule has 0 radical (unpaired) electrons. The third kappa shape index (κ3) is 3.07. The summed E-state index contributed by atoms with van der Waals surface area (Å²) in [6.07, 6.45) is 4.08. The topological polar surface area (TPSA) is 78.3 Å². The van der Waals surface area contributed by atoms with Gasteiger partial charge in [0.15, 0.2) is 5.82 Å². The van der Waals surface area contributed by atoms with Crippen LogP contribution < -0.4 is 20.4 Å². The van der Waals surface area contributed by atoms with Gasteiger partial charge in [0.1, 0.15) is 5.82 Å². The fraction of sp³-hybridized carbons (Fsp3) is 0.350. The number of carbonyl (C=O) groups is 1. The maximum Gasteiger partial charge on any atom is 0.327 e. The molecule has 0 spiro atoms. The predicted octanol–water partition coefficient (Wildman–Crippen LogP) is 2.11. The van der Waals surface area contributed by atoms with Crippen molar-refractivity contribution < 1.29 is 9.18 Å². The summed E-state index contributed by atoms with van der Waals surface area (Å²) in [5, 5.41) is 10.6. The molecule has 2 aromatic heterocycles. The second kappa shape index (κ2) is 7.00. The minimum absolute atomic E-state index is 0.141. The van der Waals surface area contributed by atoms with Crippen molar-refractivity contribution in [1.29, 1.82) is 0 Å². The van der Waals surface area contributed by atoms with Gasteiger partial charge in [-0.15, -0.1) is 0 Å². The Labute approximate surface area is 167 Å². The van der Waals surface area contributed by atoms with Gasteiger partial charge in [-0.1, -0.05) is 0 Å². The third-order valence-corrected chi connectivity index (χ3v) is 5.53. The number of pyridine rings is 1. The van der Waals surface area contributed by atoms with Gasteiger partial charge < -0.3 is 15.5 Å². The van der Waals surface area contributed by atoms with Crippen LogP contribution in [0.15, 0.2) is 30.6 Å². The molecule has 0 atom stereocenters. The van der Waals surface area contributed by atoms with Gasteiger partial charge in [0.2, 0.25) is 0 Å². The standard InChI is InChI=1S/C20H22FN7O/c1-26-12-14-15(25-26)2-3-16(18(14)21)24-20(29)28-9-5-13-17(4-6-23-19(13)28)27-10-7-22-8-11-27/h2-4,6,12,22H,5,7-11H2,1H3,(H,24,29). The smallest absolute Gasteiger partial charge is 0.327 e. The molecular formula is C20H22FN7O. The highest BCUT2D eigenvalue weighted by Crippen LogP contribution is 2.34. The van der Waals surface area contributed by atoms with Gasteiger partial charge in [0.05, 0.1) is 16.6 Å². The Morgan fingerprint density at radius 3 is 2.86 bits per heavy atom. The molecule has 1 saturated heterocycles. The van der Waals surface area contributed by atoms with Gasteiger partial charge in [-0.2, -0.15) is 5.10 Å². The number of nitrogens with zero attached hydrogens (tertiary/aromatic N) is 5. The Morgan fingerprint density at radius 1 is 1.21 bits per heavy atom. The number of rotatable bonds is 2. The van der Waals surface area contributed by atoms with Crippen LogP contribution in [0.4, 0.5) is 26.4 Å². The van der Waals surface area contributed by atoms with Gasteiger partial charge >= 0.3 is 6.03 Å². The minimum Gasteiger partial charge on any atom is -0.369 e. The summed E-state index contributed by atoms with van der Waals surface area (Å²) >= 11 is 0. The van der Waals surface area contributed by atoms with Crippen LogP contribution in [0.1, 0.15) is 5.56 Å². The highest BCUT2D eigenvalue weighted by molar-refractivity contribution is 6.04. The first-order chi connectivity index (χ1) is 14.1. The summed E-state index contributed by atoms with van der Waals surface area (Å²) in [7, 11) is 1.74. The number of benzene rings is 1. The number of aromatic nitrogens is 3. The normalized spacial score (nSPS) is 16.3. The van der Waals surface area contributed by atoms with Crippen molar-refractivity contribution in [2.75, 3.05) is 47.8 Å². The minimum atomic E-state index is -0.481. The van der Waals surface area contributed by atoms with E-state index >= 15 is 0 Å². The first-order valence-electron chi connectivity index (χ1n) is 9.76. The van der Waals surface area contributed by atoms with E-state index in [0.717, 1.165) is 43.9 Å². The molecule has 2 N–H and O–H groups in total. The maximum atomic E-state index is 14.8. The second-order valence-electron chi connectivity index (χ2n) is 7.36. The van der Waals surface area contributed by atoms with Crippen LogP contribution >= 0.6 is 0 Å². The van der Waals surface area contributed by atoms with E-state index in [9.17, 15) is 9.18 Å². The Hall–Kier alpha value is -3.20. The lowest BCUT2D eigenvalue weighted by Crippen LogP contribution is -2.43. The van der Waals surface area contributed by atoms with Gasteiger partial charge in [-0.3, -0.25) is 9.58 Å².